The van der Waals surface area contributed by atoms with Gasteiger partial charge in [-0.3, -0.25) is 0 Å². The molecule has 0 spiro atoms. The van der Waals surface area contributed by atoms with Gasteiger partial charge in [0.15, 0.2) is 22.5 Å². The smallest absolute Gasteiger partial charge is 0.416 e. The molecule has 0 aliphatic rings. The molecule has 2 heterocycles. The molecule has 2 aromatic carbocycles. The van der Waals surface area contributed by atoms with Gasteiger partial charge in [0.25, 0.3) is 0 Å². The Bertz CT molecular complexity index is 1100. The zero-order valence-corrected chi connectivity index (χ0v) is 12.5. The van der Waals surface area contributed by atoms with Gasteiger partial charge < -0.3 is 5.11 Å². The van der Waals surface area contributed by atoms with E-state index >= 15 is 0 Å². The number of fused-ring (bicyclic) bond motifs is 3. The lowest BCUT2D eigenvalue weighted by Crippen LogP contribution is -2.26. The average Bonchev–Trinajstić information content (AvgIpc) is 2.91. The fourth-order valence-corrected chi connectivity index (χ4v) is 2.70. The van der Waals surface area contributed by atoms with Crippen molar-refractivity contribution in [1.82, 2.24) is 9.90 Å². The van der Waals surface area contributed by atoms with Crippen molar-refractivity contribution in [3.63, 3.8) is 0 Å². The first-order valence-corrected chi connectivity index (χ1v) is 7.23. The van der Waals surface area contributed by atoms with Crippen molar-refractivity contribution in [2.75, 3.05) is 0 Å². The highest BCUT2D eigenvalue weighted by Crippen LogP contribution is 2.30. The van der Waals surface area contributed by atoms with E-state index in [1.807, 2.05) is 0 Å². The van der Waals surface area contributed by atoms with Gasteiger partial charge in [-0.25, -0.2) is 4.39 Å². The molecular formula is C17H9F4N3O. The first-order valence-electron chi connectivity index (χ1n) is 7.23. The normalized spacial score (nSPS) is 12.2. The first kappa shape index (κ1) is 15.4. The molecule has 0 atom stereocenters. The van der Waals surface area contributed by atoms with Crippen LogP contribution >= 0.6 is 0 Å². The number of pyridine rings is 1. The van der Waals surface area contributed by atoms with Crippen LogP contribution in [0.25, 0.3) is 22.1 Å². The van der Waals surface area contributed by atoms with Crippen LogP contribution in [0.5, 0.6) is 5.88 Å². The minimum absolute atomic E-state index is 0.123. The molecule has 0 saturated heterocycles. The van der Waals surface area contributed by atoms with Crippen molar-refractivity contribution in [1.29, 1.82) is 0 Å². The summed E-state index contributed by atoms with van der Waals surface area (Å²) in [7, 11) is 0. The highest BCUT2D eigenvalue weighted by atomic mass is 19.4. The Morgan fingerprint density at radius 1 is 0.960 bits per heavy atom. The Labute approximate surface area is 138 Å². The molecule has 126 valence electrons. The van der Waals surface area contributed by atoms with Gasteiger partial charge in [-0.1, -0.05) is 16.6 Å². The van der Waals surface area contributed by atoms with Crippen LogP contribution < -0.4 is 9.62 Å². The molecule has 0 aliphatic heterocycles. The van der Waals surface area contributed by atoms with E-state index in [1.165, 1.54) is 18.2 Å². The summed E-state index contributed by atoms with van der Waals surface area (Å²) in [5.41, 5.74) is -0.420. The lowest BCUT2D eigenvalue weighted by molar-refractivity contribution is -0.557. The number of para-hydroxylation sites is 1. The molecule has 0 bridgehead atoms. The molecule has 25 heavy (non-hydrogen) atoms. The van der Waals surface area contributed by atoms with E-state index < -0.39 is 23.4 Å². The van der Waals surface area contributed by atoms with Crippen LogP contribution in [0.4, 0.5) is 17.6 Å². The summed E-state index contributed by atoms with van der Waals surface area (Å²) in [6, 6.07) is 11.6. The maximum Gasteiger partial charge on any atom is 0.416 e. The monoisotopic (exact) mass is 347 g/mol. The summed E-state index contributed by atoms with van der Waals surface area (Å²) < 4.78 is 54.2. The van der Waals surface area contributed by atoms with E-state index in [4.69, 9.17) is 0 Å². The van der Waals surface area contributed by atoms with Gasteiger partial charge in [-0.2, -0.15) is 13.2 Å². The van der Waals surface area contributed by atoms with E-state index in [0.717, 1.165) is 33.5 Å². The van der Waals surface area contributed by atoms with Gasteiger partial charge in [-0.05, 0) is 42.5 Å². The molecule has 4 rings (SSSR count). The van der Waals surface area contributed by atoms with Crippen molar-refractivity contribution in [3.05, 3.63) is 66.0 Å². The number of halogens is 4. The molecule has 2 aromatic heterocycles. The Balaban J connectivity index is 1.94. The number of benzene rings is 2. The molecule has 0 unspecified atom stereocenters. The third-order valence-electron chi connectivity index (χ3n) is 3.91. The van der Waals surface area contributed by atoms with E-state index in [1.54, 1.807) is 12.1 Å². The minimum Gasteiger partial charge on any atom is -0.837 e. The molecule has 4 aromatic rings. The number of hydrogen-bond donors (Lipinski definition) is 0. The second-order valence-corrected chi connectivity index (χ2v) is 5.46. The Morgan fingerprint density at radius 2 is 1.68 bits per heavy atom. The van der Waals surface area contributed by atoms with Crippen molar-refractivity contribution < 1.29 is 27.2 Å². The van der Waals surface area contributed by atoms with Crippen molar-refractivity contribution in [3.8, 4) is 11.6 Å². The second kappa shape index (κ2) is 5.17. The van der Waals surface area contributed by atoms with Crippen LogP contribution in [0, 0.1) is 5.82 Å². The summed E-state index contributed by atoms with van der Waals surface area (Å²) in [5.74, 6) is -1.10. The molecule has 0 fully saturated rings. The van der Waals surface area contributed by atoms with Gasteiger partial charge >= 0.3 is 6.18 Å². The molecule has 0 N–H and O–H groups in total. The van der Waals surface area contributed by atoms with Gasteiger partial charge in [0.05, 0.1) is 5.56 Å². The SMILES string of the molecule is [O-]c1c2ccc3cccc(F)c3[n+]2nn1-c1ccc(C(F)(F)F)cc1. The Kier molecular flexibility index (Phi) is 3.18. The summed E-state index contributed by atoms with van der Waals surface area (Å²) in [6.07, 6.45) is -4.47. The number of rotatable bonds is 1. The number of nitrogens with zero attached hydrogens (tertiary/aromatic N) is 3. The zero-order chi connectivity index (χ0) is 17.8. The van der Waals surface area contributed by atoms with Gasteiger partial charge in [-0.15, -0.1) is 4.68 Å². The fraction of sp³-hybridized carbons (Fsp3) is 0.0588. The first-order chi connectivity index (χ1) is 11.9. The Hall–Kier alpha value is -3.16. The molecule has 4 nitrogen and oxygen atoms in total. The largest absolute Gasteiger partial charge is 0.837 e. The van der Waals surface area contributed by atoms with E-state index in [9.17, 15) is 22.7 Å². The number of aromatic nitrogens is 3. The van der Waals surface area contributed by atoms with Crippen LogP contribution in [0.2, 0.25) is 0 Å². The number of alkyl halides is 3. The van der Waals surface area contributed by atoms with Gasteiger partial charge in [0.2, 0.25) is 0 Å². The maximum atomic E-state index is 14.1. The molecule has 0 radical (unpaired) electrons. The molecule has 8 heteroatoms. The fourth-order valence-electron chi connectivity index (χ4n) is 2.70. The van der Waals surface area contributed by atoms with Crippen LogP contribution in [-0.2, 0) is 6.18 Å². The molecule has 0 saturated carbocycles. The summed E-state index contributed by atoms with van der Waals surface area (Å²) in [5, 5.41) is 17.1. The number of hydrogen-bond acceptors (Lipinski definition) is 2. The summed E-state index contributed by atoms with van der Waals surface area (Å²) in [4.78, 5) is 0. The van der Waals surface area contributed by atoms with E-state index in [2.05, 4.69) is 5.21 Å². The quantitative estimate of drug-likeness (QED) is 0.393. The standard InChI is InChI=1S/C17H9F4N3O/c18-13-3-1-2-10-4-9-14-16(25)23(22-24(14)15(10)13)12-7-5-11(6-8-12)17(19,20)21/h1-9H. The molecule has 0 amide bonds. The van der Waals surface area contributed by atoms with Gasteiger partial charge in [0, 0.05) is 5.39 Å². The van der Waals surface area contributed by atoms with Crippen LogP contribution in [0.15, 0.2) is 54.6 Å². The highest BCUT2D eigenvalue weighted by Gasteiger charge is 2.30. The van der Waals surface area contributed by atoms with E-state index in [-0.39, 0.29) is 16.7 Å². The lowest BCUT2D eigenvalue weighted by Gasteiger charge is -2.06. The predicted octanol–water partition coefficient (Wildman–Crippen LogP) is 3.00. The lowest BCUT2D eigenvalue weighted by atomic mass is 10.2. The van der Waals surface area contributed by atoms with Crippen molar-refractivity contribution in [2.24, 2.45) is 0 Å². The second-order valence-electron chi connectivity index (χ2n) is 5.46. The topological polar surface area (TPSA) is 45.0 Å². The summed E-state index contributed by atoms with van der Waals surface area (Å²) in [6.45, 7) is 0. The predicted molar refractivity (Wildman–Crippen MR) is 78.6 cm³/mol. The van der Waals surface area contributed by atoms with E-state index in [0.29, 0.717) is 5.39 Å². The molecule has 0 aliphatic carbocycles. The average molecular weight is 347 g/mol. The molecular weight excluding hydrogens is 338 g/mol. The van der Waals surface area contributed by atoms with Crippen molar-refractivity contribution in [2.45, 2.75) is 6.18 Å². The minimum atomic E-state index is -4.47. The Morgan fingerprint density at radius 3 is 2.36 bits per heavy atom. The van der Waals surface area contributed by atoms with Crippen LogP contribution in [0.3, 0.4) is 0 Å². The van der Waals surface area contributed by atoms with Crippen LogP contribution in [-0.4, -0.2) is 9.90 Å². The van der Waals surface area contributed by atoms with Gasteiger partial charge in [0.1, 0.15) is 11.1 Å². The zero-order valence-electron chi connectivity index (χ0n) is 12.5. The highest BCUT2D eigenvalue weighted by molar-refractivity contribution is 5.78. The summed E-state index contributed by atoms with van der Waals surface area (Å²) >= 11 is 0. The van der Waals surface area contributed by atoms with Crippen molar-refractivity contribution >= 4 is 16.4 Å². The third-order valence-corrected chi connectivity index (χ3v) is 3.91. The maximum absolute atomic E-state index is 14.1. The van der Waals surface area contributed by atoms with Crippen LogP contribution in [0.1, 0.15) is 5.56 Å². The third kappa shape index (κ3) is 2.37.